The van der Waals surface area contributed by atoms with Crippen molar-refractivity contribution in [2.45, 2.75) is 18.0 Å². The highest BCUT2D eigenvalue weighted by molar-refractivity contribution is 7.91. The van der Waals surface area contributed by atoms with Crippen LogP contribution in [-0.4, -0.2) is 28.7 Å². The molecule has 0 aliphatic carbocycles. The third kappa shape index (κ3) is 3.24. The number of sulfone groups is 1. The molecule has 1 aromatic carbocycles. The number of halogens is 3. The van der Waals surface area contributed by atoms with Gasteiger partial charge in [0.15, 0.2) is 22.2 Å². The van der Waals surface area contributed by atoms with Crippen molar-refractivity contribution in [2.24, 2.45) is 7.05 Å². The second kappa shape index (κ2) is 6.66. The maximum absolute atomic E-state index is 13.0. The Kier molecular flexibility index (Phi) is 4.46. The zero-order chi connectivity index (χ0) is 21.8. The molecule has 156 valence electrons. The van der Waals surface area contributed by atoms with Gasteiger partial charge in [-0.05, 0) is 23.6 Å². The first-order valence-electron chi connectivity index (χ1n) is 8.80. The summed E-state index contributed by atoms with van der Waals surface area (Å²) in [5.74, 6) is -0.0155. The average Bonchev–Trinajstić information content (AvgIpc) is 3.02. The molecule has 4 aromatic rings. The number of pyridine rings is 2. The van der Waals surface area contributed by atoms with Crippen molar-refractivity contribution in [1.29, 1.82) is 0 Å². The maximum atomic E-state index is 13.0. The Balaban J connectivity index is 2.05. The van der Waals surface area contributed by atoms with Gasteiger partial charge in [-0.25, -0.2) is 18.4 Å². The van der Waals surface area contributed by atoms with Crippen molar-refractivity contribution in [3.8, 4) is 11.4 Å². The second-order valence-corrected chi connectivity index (χ2v) is 8.98. The van der Waals surface area contributed by atoms with Gasteiger partial charge in [0.2, 0.25) is 0 Å². The molecule has 0 amide bonds. The summed E-state index contributed by atoms with van der Waals surface area (Å²) in [4.78, 5) is 7.68. The number of aromatic nitrogens is 4. The van der Waals surface area contributed by atoms with Crippen LogP contribution in [0.3, 0.4) is 0 Å². The highest BCUT2D eigenvalue weighted by Gasteiger charge is 2.33. The summed E-state index contributed by atoms with van der Waals surface area (Å²) in [5.41, 5.74) is -0.483. The van der Waals surface area contributed by atoms with E-state index in [-0.39, 0.29) is 27.6 Å². The number of imidazole rings is 1. The molecule has 0 radical (unpaired) electrons. The van der Waals surface area contributed by atoms with Gasteiger partial charge in [0.1, 0.15) is 11.5 Å². The fraction of sp³-hybridized carbons (Fsp3) is 0.211. The number of aryl methyl sites for hydroxylation is 1. The number of fused-ring (bicyclic) bond motifs is 2. The Morgan fingerprint density at radius 2 is 1.93 bits per heavy atom. The van der Waals surface area contributed by atoms with Gasteiger partial charge in [-0.3, -0.25) is 0 Å². The van der Waals surface area contributed by atoms with Gasteiger partial charge >= 0.3 is 6.18 Å². The van der Waals surface area contributed by atoms with Crippen LogP contribution in [0.1, 0.15) is 12.6 Å². The first-order valence-corrected chi connectivity index (χ1v) is 10.5. The summed E-state index contributed by atoms with van der Waals surface area (Å²) in [6, 6.07) is 5.31. The van der Waals surface area contributed by atoms with Gasteiger partial charge < -0.3 is 9.77 Å². The molecule has 0 N–H and O–H groups in total. The van der Waals surface area contributed by atoms with Crippen molar-refractivity contribution in [1.82, 2.24) is 14.5 Å². The largest absolute Gasteiger partial charge is 0.619 e. The number of nitrogens with zero attached hydrogens (tertiary/aromatic N) is 4. The van der Waals surface area contributed by atoms with E-state index < -0.39 is 21.7 Å². The van der Waals surface area contributed by atoms with E-state index in [9.17, 15) is 26.8 Å². The summed E-state index contributed by atoms with van der Waals surface area (Å²) >= 11 is 0. The van der Waals surface area contributed by atoms with Gasteiger partial charge in [-0.15, -0.1) is 0 Å². The summed E-state index contributed by atoms with van der Waals surface area (Å²) < 4.78 is 66.6. The van der Waals surface area contributed by atoms with Gasteiger partial charge in [0, 0.05) is 24.1 Å². The lowest BCUT2D eigenvalue weighted by molar-refractivity contribution is -0.603. The maximum Gasteiger partial charge on any atom is 0.433 e. The fourth-order valence-electron chi connectivity index (χ4n) is 3.27. The van der Waals surface area contributed by atoms with Gasteiger partial charge in [0.05, 0.1) is 27.9 Å². The van der Waals surface area contributed by atoms with E-state index in [0.29, 0.717) is 21.0 Å². The van der Waals surface area contributed by atoms with E-state index in [1.807, 2.05) is 0 Å². The van der Waals surface area contributed by atoms with Crippen LogP contribution in [-0.2, 0) is 23.1 Å². The predicted octanol–water partition coefficient (Wildman–Crippen LogP) is 3.23. The lowest BCUT2D eigenvalue weighted by Gasteiger charge is -2.11. The van der Waals surface area contributed by atoms with Crippen LogP contribution in [0.5, 0.6) is 0 Å². The Hall–Kier alpha value is -3.21. The number of benzene rings is 1. The molecule has 0 fully saturated rings. The topological polar surface area (TPSA) is 91.8 Å². The Morgan fingerprint density at radius 3 is 2.60 bits per heavy atom. The van der Waals surface area contributed by atoms with Crippen molar-refractivity contribution >= 4 is 31.6 Å². The highest BCUT2D eigenvalue weighted by Crippen LogP contribution is 2.34. The molecule has 0 aliphatic rings. The van der Waals surface area contributed by atoms with E-state index >= 15 is 0 Å². The average molecular weight is 436 g/mol. The standard InChI is InChI=1S/C19H15F3N4O3S/c1-3-30(28,29)16-7-12-10-26(27)5-4-11(12)6-13(16)18-24-14-8-17(19(20,21)22)23-9-15(14)25(18)2/h4-10H,3H2,1-2H3. The molecular weight excluding hydrogens is 421 g/mol. The number of alkyl halides is 3. The van der Waals surface area contributed by atoms with Crippen LogP contribution in [0.15, 0.2) is 47.8 Å². The van der Waals surface area contributed by atoms with E-state index in [4.69, 9.17) is 0 Å². The third-order valence-corrected chi connectivity index (χ3v) is 6.63. The number of rotatable bonds is 3. The van der Waals surface area contributed by atoms with Crippen molar-refractivity contribution in [2.75, 3.05) is 5.75 Å². The molecule has 0 bridgehead atoms. The van der Waals surface area contributed by atoms with E-state index in [1.165, 1.54) is 36.0 Å². The summed E-state index contributed by atoms with van der Waals surface area (Å²) in [7, 11) is -2.16. The molecule has 3 aromatic heterocycles. The summed E-state index contributed by atoms with van der Waals surface area (Å²) in [6.45, 7) is 1.48. The van der Waals surface area contributed by atoms with E-state index in [0.717, 1.165) is 12.3 Å². The molecule has 0 saturated carbocycles. The molecule has 4 rings (SSSR count). The smallest absolute Gasteiger partial charge is 0.433 e. The monoisotopic (exact) mass is 436 g/mol. The van der Waals surface area contributed by atoms with Crippen LogP contribution in [0.4, 0.5) is 13.2 Å². The molecule has 0 saturated heterocycles. The lowest BCUT2D eigenvalue weighted by atomic mass is 10.1. The number of hydrogen-bond acceptors (Lipinski definition) is 5. The molecule has 11 heteroatoms. The molecule has 0 aliphatic heterocycles. The molecule has 7 nitrogen and oxygen atoms in total. The lowest BCUT2D eigenvalue weighted by Crippen LogP contribution is -2.23. The zero-order valence-corrected chi connectivity index (χ0v) is 16.6. The first-order chi connectivity index (χ1) is 14.0. The van der Waals surface area contributed by atoms with Crippen LogP contribution >= 0.6 is 0 Å². The predicted molar refractivity (Wildman–Crippen MR) is 103 cm³/mol. The van der Waals surface area contributed by atoms with E-state index in [1.54, 1.807) is 13.1 Å². The highest BCUT2D eigenvalue weighted by atomic mass is 32.2. The minimum Gasteiger partial charge on any atom is -0.619 e. The van der Waals surface area contributed by atoms with Gasteiger partial charge in [-0.2, -0.15) is 17.9 Å². The van der Waals surface area contributed by atoms with E-state index in [2.05, 4.69) is 9.97 Å². The van der Waals surface area contributed by atoms with Crippen molar-refractivity contribution in [3.63, 3.8) is 0 Å². The molecule has 0 unspecified atom stereocenters. The molecule has 3 heterocycles. The number of hydrogen-bond donors (Lipinski definition) is 0. The van der Waals surface area contributed by atoms with Crippen LogP contribution in [0, 0.1) is 5.21 Å². The molecule has 30 heavy (non-hydrogen) atoms. The van der Waals surface area contributed by atoms with Crippen LogP contribution in [0.2, 0.25) is 0 Å². The molecular formula is C19H15F3N4O3S. The van der Waals surface area contributed by atoms with Crippen LogP contribution < -0.4 is 4.73 Å². The minimum atomic E-state index is -4.63. The Morgan fingerprint density at radius 1 is 1.20 bits per heavy atom. The van der Waals surface area contributed by atoms with Gasteiger partial charge in [-0.1, -0.05) is 6.92 Å². The van der Waals surface area contributed by atoms with Gasteiger partial charge in [0.25, 0.3) is 0 Å². The third-order valence-electron chi connectivity index (χ3n) is 4.87. The second-order valence-electron chi connectivity index (χ2n) is 6.74. The summed E-state index contributed by atoms with van der Waals surface area (Å²) in [6.07, 6.45) is -1.04. The normalized spacial score (nSPS) is 12.7. The Bertz CT molecular complexity index is 1410. The Labute approximate surface area is 168 Å². The SMILES string of the molecule is CCS(=O)(=O)c1cc2c[n+]([O-])ccc2cc1-c1nc2cc(C(F)(F)F)ncc2n1C. The quantitative estimate of drug-likeness (QED) is 0.363. The molecule has 0 atom stereocenters. The minimum absolute atomic E-state index is 0.0419. The molecule has 0 spiro atoms. The van der Waals surface area contributed by atoms with Crippen molar-refractivity contribution < 1.29 is 26.3 Å². The first kappa shape index (κ1) is 20.1. The fourth-order valence-corrected chi connectivity index (χ4v) is 4.38. The summed E-state index contributed by atoms with van der Waals surface area (Å²) in [5, 5.41) is 12.6. The van der Waals surface area contributed by atoms with Crippen molar-refractivity contribution in [3.05, 3.63) is 53.8 Å². The van der Waals surface area contributed by atoms with Crippen LogP contribution in [0.25, 0.3) is 33.2 Å². The zero-order valence-electron chi connectivity index (χ0n) is 15.8.